The Morgan fingerprint density at radius 3 is 2.94 bits per heavy atom. The third-order valence-corrected chi connectivity index (χ3v) is 3.56. The van der Waals surface area contributed by atoms with Gasteiger partial charge in [-0.3, -0.25) is 0 Å². The number of nitrogens with zero attached hydrogens (tertiary/aromatic N) is 1. The van der Waals surface area contributed by atoms with Gasteiger partial charge < -0.3 is 10.6 Å². The third kappa shape index (κ3) is 2.33. The van der Waals surface area contributed by atoms with E-state index in [-0.39, 0.29) is 0 Å². The van der Waals surface area contributed by atoms with Crippen molar-refractivity contribution >= 4 is 17.3 Å². The molecular weight excluding hydrogens is 220 g/mol. The molecule has 0 saturated carbocycles. The molecule has 2 rings (SSSR count). The van der Waals surface area contributed by atoms with E-state index in [4.69, 9.17) is 17.3 Å². The van der Waals surface area contributed by atoms with Gasteiger partial charge in [0.1, 0.15) is 0 Å². The predicted molar refractivity (Wildman–Crippen MR) is 70.3 cm³/mol. The summed E-state index contributed by atoms with van der Waals surface area (Å²) in [6, 6.07) is 6.76. The van der Waals surface area contributed by atoms with Crippen molar-refractivity contribution in [3.05, 3.63) is 28.8 Å². The zero-order valence-corrected chi connectivity index (χ0v) is 10.5. The predicted octanol–water partition coefficient (Wildman–Crippen LogP) is 2.83. The van der Waals surface area contributed by atoms with Crippen LogP contribution in [0.3, 0.4) is 0 Å². The lowest BCUT2D eigenvalue weighted by atomic mass is 10.1. The molecule has 1 unspecified atom stereocenters. The molecule has 16 heavy (non-hydrogen) atoms. The maximum atomic E-state index is 6.09. The number of nitrogens with two attached hydrogens (primary N) is 1. The van der Waals surface area contributed by atoms with E-state index in [0.717, 1.165) is 18.0 Å². The number of rotatable bonds is 3. The zero-order chi connectivity index (χ0) is 11.5. The fraction of sp³-hybridized carbons (Fsp3) is 0.538. The molecule has 0 aliphatic carbocycles. The Hall–Kier alpha value is -0.730. The SMILES string of the molecule is CC1CCCN1c1cc(Cl)ccc1CCN. The van der Waals surface area contributed by atoms with E-state index >= 15 is 0 Å². The fourth-order valence-corrected chi connectivity index (χ4v) is 2.63. The van der Waals surface area contributed by atoms with Gasteiger partial charge in [-0.25, -0.2) is 0 Å². The van der Waals surface area contributed by atoms with E-state index in [9.17, 15) is 0 Å². The van der Waals surface area contributed by atoms with Crippen LogP contribution >= 0.6 is 11.6 Å². The van der Waals surface area contributed by atoms with Crippen molar-refractivity contribution in [2.24, 2.45) is 5.73 Å². The van der Waals surface area contributed by atoms with E-state index in [1.807, 2.05) is 6.07 Å². The van der Waals surface area contributed by atoms with E-state index in [2.05, 4.69) is 24.0 Å². The molecule has 0 bridgehead atoms. The third-order valence-electron chi connectivity index (χ3n) is 3.32. The second kappa shape index (κ2) is 5.07. The lowest BCUT2D eigenvalue weighted by Crippen LogP contribution is -2.27. The summed E-state index contributed by atoms with van der Waals surface area (Å²) in [5.41, 5.74) is 8.25. The van der Waals surface area contributed by atoms with E-state index in [0.29, 0.717) is 12.6 Å². The van der Waals surface area contributed by atoms with Crippen LogP contribution in [0.4, 0.5) is 5.69 Å². The highest BCUT2D eigenvalue weighted by atomic mass is 35.5. The highest BCUT2D eigenvalue weighted by Crippen LogP contribution is 2.31. The standard InChI is InChI=1S/C13H19ClN2/c1-10-3-2-8-16(10)13-9-12(14)5-4-11(13)6-7-15/h4-5,9-10H,2-3,6-8,15H2,1H3. The van der Waals surface area contributed by atoms with Crippen LogP contribution in [-0.4, -0.2) is 19.1 Å². The van der Waals surface area contributed by atoms with Crippen LogP contribution in [0.2, 0.25) is 5.02 Å². The summed E-state index contributed by atoms with van der Waals surface area (Å²) in [6.45, 7) is 4.11. The van der Waals surface area contributed by atoms with Crippen molar-refractivity contribution in [2.75, 3.05) is 18.0 Å². The number of anilines is 1. The largest absolute Gasteiger partial charge is 0.369 e. The Balaban J connectivity index is 2.32. The molecule has 1 aliphatic rings. The normalized spacial score (nSPS) is 20.4. The summed E-state index contributed by atoms with van der Waals surface area (Å²) in [5, 5.41) is 0.815. The molecule has 1 aliphatic heterocycles. The highest BCUT2D eigenvalue weighted by molar-refractivity contribution is 6.30. The molecule has 3 heteroatoms. The molecule has 0 radical (unpaired) electrons. The minimum Gasteiger partial charge on any atom is -0.369 e. The number of benzene rings is 1. The lowest BCUT2D eigenvalue weighted by molar-refractivity contribution is 0.731. The Kier molecular flexibility index (Phi) is 3.72. The summed E-state index contributed by atoms with van der Waals surface area (Å²) in [5.74, 6) is 0. The van der Waals surface area contributed by atoms with Gasteiger partial charge in [-0.2, -0.15) is 0 Å². The second-order valence-corrected chi connectivity index (χ2v) is 4.93. The van der Waals surface area contributed by atoms with Gasteiger partial charge >= 0.3 is 0 Å². The first-order valence-corrected chi connectivity index (χ1v) is 6.35. The van der Waals surface area contributed by atoms with Crippen molar-refractivity contribution in [1.82, 2.24) is 0 Å². The lowest BCUT2D eigenvalue weighted by Gasteiger charge is -2.26. The average molecular weight is 239 g/mol. The van der Waals surface area contributed by atoms with Gasteiger partial charge in [0.15, 0.2) is 0 Å². The first-order valence-electron chi connectivity index (χ1n) is 5.97. The molecule has 1 atom stereocenters. The number of hydrogen-bond acceptors (Lipinski definition) is 2. The van der Waals surface area contributed by atoms with Gasteiger partial charge in [-0.1, -0.05) is 17.7 Å². The topological polar surface area (TPSA) is 29.3 Å². The molecule has 1 saturated heterocycles. The second-order valence-electron chi connectivity index (χ2n) is 4.50. The van der Waals surface area contributed by atoms with E-state index in [1.54, 1.807) is 0 Å². The van der Waals surface area contributed by atoms with Gasteiger partial charge in [0.25, 0.3) is 0 Å². The van der Waals surface area contributed by atoms with Crippen LogP contribution in [0.25, 0.3) is 0 Å². The van der Waals surface area contributed by atoms with Crippen LogP contribution in [-0.2, 0) is 6.42 Å². The van der Waals surface area contributed by atoms with Gasteiger partial charge in [-0.15, -0.1) is 0 Å². The zero-order valence-electron chi connectivity index (χ0n) is 9.75. The van der Waals surface area contributed by atoms with Crippen LogP contribution in [0, 0.1) is 0 Å². The van der Waals surface area contributed by atoms with Crippen molar-refractivity contribution in [3.63, 3.8) is 0 Å². The average Bonchev–Trinajstić information content (AvgIpc) is 2.67. The Morgan fingerprint density at radius 1 is 1.50 bits per heavy atom. The molecule has 2 N–H and O–H groups in total. The summed E-state index contributed by atoms with van der Waals surface area (Å²) in [7, 11) is 0. The maximum absolute atomic E-state index is 6.09. The molecule has 1 aromatic carbocycles. The summed E-state index contributed by atoms with van der Waals surface area (Å²) in [6.07, 6.45) is 3.47. The monoisotopic (exact) mass is 238 g/mol. The van der Waals surface area contributed by atoms with E-state index < -0.39 is 0 Å². The highest BCUT2D eigenvalue weighted by Gasteiger charge is 2.22. The molecule has 0 aromatic heterocycles. The molecule has 0 spiro atoms. The van der Waals surface area contributed by atoms with Crippen molar-refractivity contribution < 1.29 is 0 Å². The van der Waals surface area contributed by atoms with Gasteiger partial charge in [-0.05, 0) is 50.4 Å². The van der Waals surface area contributed by atoms with Gasteiger partial charge in [0.05, 0.1) is 0 Å². The maximum Gasteiger partial charge on any atom is 0.0426 e. The van der Waals surface area contributed by atoms with Crippen molar-refractivity contribution in [2.45, 2.75) is 32.2 Å². The van der Waals surface area contributed by atoms with Gasteiger partial charge in [0.2, 0.25) is 0 Å². The summed E-state index contributed by atoms with van der Waals surface area (Å²) < 4.78 is 0. The summed E-state index contributed by atoms with van der Waals surface area (Å²) in [4.78, 5) is 2.46. The molecule has 2 nitrogen and oxygen atoms in total. The Bertz CT molecular complexity index is 365. The minimum absolute atomic E-state index is 0.620. The van der Waals surface area contributed by atoms with Crippen LogP contribution in [0.5, 0.6) is 0 Å². The smallest absolute Gasteiger partial charge is 0.0426 e. The molecular formula is C13H19ClN2. The molecule has 0 amide bonds. The fourth-order valence-electron chi connectivity index (χ4n) is 2.46. The van der Waals surface area contributed by atoms with Crippen LogP contribution < -0.4 is 10.6 Å². The summed E-state index contributed by atoms with van der Waals surface area (Å²) >= 11 is 6.09. The minimum atomic E-state index is 0.620. The first kappa shape index (κ1) is 11.7. The van der Waals surface area contributed by atoms with Gasteiger partial charge in [0, 0.05) is 23.3 Å². The van der Waals surface area contributed by atoms with Crippen molar-refractivity contribution in [3.8, 4) is 0 Å². The van der Waals surface area contributed by atoms with Crippen LogP contribution in [0.15, 0.2) is 18.2 Å². The van der Waals surface area contributed by atoms with Crippen molar-refractivity contribution in [1.29, 1.82) is 0 Å². The first-order chi connectivity index (χ1) is 7.72. The van der Waals surface area contributed by atoms with Crippen LogP contribution in [0.1, 0.15) is 25.3 Å². The molecule has 1 aromatic rings. The molecule has 88 valence electrons. The number of halogens is 1. The Labute approximate surface area is 102 Å². The Morgan fingerprint density at radius 2 is 2.31 bits per heavy atom. The quantitative estimate of drug-likeness (QED) is 0.878. The van der Waals surface area contributed by atoms with E-state index in [1.165, 1.54) is 24.1 Å². The number of hydrogen-bond donors (Lipinski definition) is 1. The molecule has 1 heterocycles. The molecule has 1 fully saturated rings.